The Labute approximate surface area is 426 Å². The average molecular weight is 1030 g/mol. The van der Waals surface area contributed by atoms with Crippen molar-refractivity contribution in [2.24, 2.45) is 17.3 Å². The number of hydrogen-bond acceptors (Lipinski definition) is 13. The van der Waals surface area contributed by atoms with Crippen LogP contribution in [0.2, 0.25) is 0 Å². The van der Waals surface area contributed by atoms with Gasteiger partial charge in [-0.15, -0.1) is 0 Å². The van der Waals surface area contributed by atoms with Gasteiger partial charge in [0.25, 0.3) is 0 Å². The van der Waals surface area contributed by atoms with Crippen molar-refractivity contribution in [3.63, 3.8) is 0 Å². The van der Waals surface area contributed by atoms with Gasteiger partial charge in [0.1, 0.15) is 0 Å². The molecule has 0 aromatic carbocycles. The number of halogens is 3. The first-order valence-corrected chi connectivity index (χ1v) is 26.2. The van der Waals surface area contributed by atoms with Crippen LogP contribution in [0.5, 0.6) is 0 Å². The monoisotopic (exact) mass is 1030 g/mol. The van der Waals surface area contributed by atoms with Gasteiger partial charge >= 0.3 is 6.18 Å². The number of unbranched alkanes of at least 4 members (excludes halogenated alkanes) is 1. The predicted octanol–water partition coefficient (Wildman–Crippen LogP) is 4.05. The van der Waals surface area contributed by atoms with Gasteiger partial charge < -0.3 is 54.8 Å². The number of amides is 5. The normalized spacial score (nSPS) is 26.4. The van der Waals surface area contributed by atoms with Crippen molar-refractivity contribution in [3.05, 3.63) is 59.2 Å². The Morgan fingerprint density at radius 1 is 0.904 bits per heavy atom. The zero-order valence-electron chi connectivity index (χ0n) is 42.4. The van der Waals surface area contributed by atoms with Gasteiger partial charge in [-0.05, 0) is 87.5 Å². The number of hydrogen-bond donors (Lipinski definition) is 4. The molecule has 2 saturated carbocycles. The van der Waals surface area contributed by atoms with Crippen molar-refractivity contribution in [1.82, 2.24) is 41.0 Å². The average Bonchev–Trinajstić information content (AvgIpc) is 3.95. The standard InChI is InChI=1S/C52H75F3N8O10/c1-62-46(65)29-41(47(62)36-6-5-17-56-31-36)49(67)58-19-23-71-25-27-72-26-24-70-22-14-45(64)61-39-9-7-35(8-10-39)48(66)57-18-4-3-15-51(16-11-40(30-51)60-43-13-21-73-34-44(43)69-2)50(68)63-20-12-42-37(33-63)28-38(32-59-42)52(53,54)55/h5-6,17,28,31-32,35,39-41,43-44,47,60H,3-4,7-16,18-27,29-30,33-34H2,1-2H3,(H,57,66)(H,58,67)(H,61,64)/t35-,39+,40-,41+,43+,44-,47?,51+/m1/s1. The van der Waals surface area contributed by atoms with Gasteiger partial charge in [-0.3, -0.25) is 33.9 Å². The fourth-order valence-electron chi connectivity index (χ4n) is 11.3. The number of pyridine rings is 2. The summed E-state index contributed by atoms with van der Waals surface area (Å²) in [5.74, 6) is -1.06. The lowest BCUT2D eigenvalue weighted by atomic mass is 9.78. The number of methoxy groups -OCH3 is 1. The van der Waals surface area contributed by atoms with Crippen LogP contribution in [0.25, 0.3) is 0 Å². The molecule has 3 aliphatic heterocycles. The Bertz CT molecular complexity index is 2130. The minimum absolute atomic E-state index is 0.00220. The van der Waals surface area contributed by atoms with Crippen LogP contribution in [0, 0.1) is 17.3 Å². The van der Waals surface area contributed by atoms with E-state index in [0.29, 0.717) is 141 Å². The third kappa shape index (κ3) is 15.6. The number of fused-ring (bicyclic) bond motifs is 1. The number of carbonyl (C=O) groups excluding carboxylic acids is 5. The molecule has 4 N–H and O–H groups in total. The summed E-state index contributed by atoms with van der Waals surface area (Å²) in [5, 5.41) is 12.8. The number of aromatic nitrogens is 2. The molecule has 7 rings (SSSR count). The van der Waals surface area contributed by atoms with E-state index in [9.17, 15) is 37.1 Å². The molecule has 2 aromatic heterocycles. The molecule has 2 saturated heterocycles. The van der Waals surface area contributed by atoms with Crippen molar-refractivity contribution < 1.29 is 60.8 Å². The molecule has 21 heteroatoms. The first-order chi connectivity index (χ1) is 35.2. The lowest BCUT2D eigenvalue weighted by Crippen LogP contribution is -2.51. The van der Waals surface area contributed by atoms with Gasteiger partial charge in [-0.25, -0.2) is 0 Å². The maximum atomic E-state index is 14.5. The van der Waals surface area contributed by atoms with Crippen molar-refractivity contribution in [1.29, 1.82) is 0 Å². The third-order valence-electron chi connectivity index (χ3n) is 15.3. The quantitative estimate of drug-likeness (QED) is 0.104. The highest BCUT2D eigenvalue weighted by Gasteiger charge is 2.48. The van der Waals surface area contributed by atoms with Crippen LogP contribution in [0.4, 0.5) is 13.2 Å². The Morgan fingerprint density at radius 2 is 1.66 bits per heavy atom. The van der Waals surface area contributed by atoms with Crippen LogP contribution in [0.1, 0.15) is 112 Å². The molecule has 404 valence electrons. The van der Waals surface area contributed by atoms with Gasteiger partial charge in [0.05, 0.1) is 75.3 Å². The van der Waals surface area contributed by atoms with E-state index in [2.05, 4.69) is 31.2 Å². The van der Waals surface area contributed by atoms with Crippen LogP contribution in [0.3, 0.4) is 0 Å². The molecular formula is C52H75F3N8O10. The topological polar surface area (TPSA) is 212 Å². The molecule has 4 fully saturated rings. The summed E-state index contributed by atoms with van der Waals surface area (Å²) in [6.45, 7) is 4.29. The van der Waals surface area contributed by atoms with Crippen LogP contribution in [-0.4, -0.2) is 160 Å². The Morgan fingerprint density at radius 3 is 2.40 bits per heavy atom. The molecule has 0 bridgehead atoms. The molecule has 0 spiro atoms. The van der Waals surface area contributed by atoms with Crippen LogP contribution < -0.4 is 21.3 Å². The maximum Gasteiger partial charge on any atom is 0.417 e. The third-order valence-corrected chi connectivity index (χ3v) is 15.3. The second kappa shape index (κ2) is 27.1. The molecular weight excluding hydrogens is 954 g/mol. The van der Waals surface area contributed by atoms with E-state index in [-0.39, 0.29) is 91.7 Å². The zero-order valence-corrected chi connectivity index (χ0v) is 42.4. The summed E-state index contributed by atoms with van der Waals surface area (Å²) >= 11 is 0. The van der Waals surface area contributed by atoms with Crippen molar-refractivity contribution >= 4 is 29.5 Å². The Balaban J connectivity index is 0.731. The number of alkyl halides is 3. The number of ether oxygens (including phenoxy) is 5. The molecule has 0 radical (unpaired) electrons. The summed E-state index contributed by atoms with van der Waals surface area (Å²) in [6.07, 6.45) is 7.94. The largest absolute Gasteiger partial charge is 0.417 e. The molecule has 5 aliphatic rings. The number of rotatable bonds is 25. The SMILES string of the molecule is CO[C@@H]1COCC[C@@H]1N[C@@H]1CC[C@](CCCCNC(=O)[C@H]2CC[C@@H](NC(=O)CCOCCOCCOCCNC(=O)[C@H]3CC(=O)N(C)C3c3cccnc3)CC2)(C(=O)N2CCc3ncc(C(F)(F)F)cc3C2)C1. The van der Waals surface area contributed by atoms with Gasteiger partial charge in [0.15, 0.2) is 0 Å². The van der Waals surface area contributed by atoms with Gasteiger partial charge in [0, 0.05) is 115 Å². The summed E-state index contributed by atoms with van der Waals surface area (Å²) < 4.78 is 68.8. The molecule has 2 aliphatic carbocycles. The zero-order chi connectivity index (χ0) is 51.8. The Hall–Kier alpha value is -4.80. The predicted molar refractivity (Wildman–Crippen MR) is 260 cm³/mol. The van der Waals surface area contributed by atoms with Gasteiger partial charge in [-0.1, -0.05) is 12.5 Å². The molecule has 73 heavy (non-hydrogen) atoms. The minimum Gasteiger partial charge on any atom is -0.379 e. The van der Waals surface area contributed by atoms with Crippen LogP contribution in [-0.2, 0) is 66.8 Å². The van der Waals surface area contributed by atoms with Crippen LogP contribution >= 0.6 is 0 Å². The second-order valence-electron chi connectivity index (χ2n) is 20.2. The summed E-state index contributed by atoms with van der Waals surface area (Å²) in [7, 11) is 3.37. The highest BCUT2D eigenvalue weighted by molar-refractivity contribution is 5.90. The highest BCUT2D eigenvalue weighted by atomic mass is 19.4. The fourth-order valence-corrected chi connectivity index (χ4v) is 11.3. The number of likely N-dealkylation sites (tertiary alicyclic amines) is 1. The lowest BCUT2D eigenvalue weighted by Gasteiger charge is -2.38. The minimum atomic E-state index is -4.52. The molecule has 5 amide bonds. The summed E-state index contributed by atoms with van der Waals surface area (Å²) in [6, 6.07) is 4.59. The van der Waals surface area contributed by atoms with Crippen molar-refractivity contribution in [2.45, 2.75) is 133 Å². The molecule has 2 aromatic rings. The van der Waals surface area contributed by atoms with Crippen LogP contribution in [0.15, 0.2) is 36.8 Å². The number of carbonyl (C=O) groups is 5. The molecule has 6 atom stereocenters. The van der Waals surface area contributed by atoms with E-state index in [1.54, 1.807) is 42.4 Å². The van der Waals surface area contributed by atoms with Gasteiger partial charge in [-0.2, -0.15) is 13.2 Å². The maximum absolute atomic E-state index is 14.5. The van der Waals surface area contributed by atoms with E-state index in [1.165, 1.54) is 0 Å². The van der Waals surface area contributed by atoms with E-state index < -0.39 is 23.1 Å². The smallest absolute Gasteiger partial charge is 0.379 e. The van der Waals surface area contributed by atoms with Crippen molar-refractivity contribution in [3.8, 4) is 0 Å². The van der Waals surface area contributed by atoms with E-state index >= 15 is 0 Å². The second-order valence-corrected chi connectivity index (χ2v) is 20.2. The van der Waals surface area contributed by atoms with E-state index in [0.717, 1.165) is 30.7 Å². The molecule has 18 nitrogen and oxygen atoms in total. The van der Waals surface area contributed by atoms with Crippen molar-refractivity contribution in [2.75, 3.05) is 86.6 Å². The number of nitrogens with one attached hydrogen (secondary N) is 4. The van der Waals surface area contributed by atoms with E-state index in [4.69, 9.17) is 23.7 Å². The molecule has 1 unspecified atom stereocenters. The first-order valence-electron chi connectivity index (χ1n) is 26.2. The van der Waals surface area contributed by atoms with Gasteiger partial charge in [0.2, 0.25) is 29.5 Å². The lowest BCUT2D eigenvalue weighted by molar-refractivity contribution is -0.144. The first kappa shape index (κ1) is 55.9. The summed E-state index contributed by atoms with van der Waals surface area (Å²) in [5.41, 5.74) is 0.365. The highest BCUT2D eigenvalue weighted by Crippen LogP contribution is 2.45. The fraction of sp³-hybridized carbons (Fsp3) is 0.712. The molecule has 5 heterocycles. The van der Waals surface area contributed by atoms with E-state index in [1.807, 2.05) is 6.07 Å². The summed E-state index contributed by atoms with van der Waals surface area (Å²) in [4.78, 5) is 77.2. The number of nitrogens with zero attached hydrogens (tertiary/aromatic N) is 4. The Kier molecular flexibility index (Phi) is 20.8.